The Labute approximate surface area is 220 Å². The molecular weight excluding hydrogens is 490 g/mol. The Morgan fingerprint density at radius 2 is 1.95 bits per heavy atom. The number of phenols is 1. The predicted octanol–water partition coefficient (Wildman–Crippen LogP) is 5.72. The standard InChI is InChI=1S/C28H35N3O5S/c1-3-4-5-6-7-19-14-20-15-21(27(35)36-24(20)16-23(19)32)22-17-37-28(29-22)30-25(33)8-9-26(34)31-12-10-18(2)11-13-31/h14-18,32H,3-13H2,1-2H3,(H,29,30,33). The molecule has 2 amide bonds. The fraction of sp³-hybridized carbons (Fsp3) is 0.500. The quantitative estimate of drug-likeness (QED) is 0.258. The van der Waals surface area contributed by atoms with Gasteiger partial charge in [-0.1, -0.05) is 33.1 Å². The molecule has 2 N–H and O–H groups in total. The minimum atomic E-state index is -0.563. The molecule has 4 rings (SSSR count). The van der Waals surface area contributed by atoms with Gasteiger partial charge in [-0.2, -0.15) is 0 Å². The van der Waals surface area contributed by atoms with Crippen LogP contribution in [0.25, 0.3) is 22.2 Å². The van der Waals surface area contributed by atoms with Crippen LogP contribution in [0.2, 0.25) is 0 Å². The second-order valence-corrected chi connectivity index (χ2v) is 10.8. The van der Waals surface area contributed by atoms with Crippen molar-refractivity contribution in [2.45, 2.75) is 71.6 Å². The number of unbranched alkanes of at least 4 members (excludes halogenated alkanes) is 3. The monoisotopic (exact) mass is 525 g/mol. The number of anilines is 1. The first-order valence-electron chi connectivity index (χ1n) is 13.2. The summed E-state index contributed by atoms with van der Waals surface area (Å²) >= 11 is 1.21. The maximum Gasteiger partial charge on any atom is 0.345 e. The third-order valence-electron chi connectivity index (χ3n) is 6.96. The average Bonchev–Trinajstić information content (AvgIpc) is 3.33. The number of piperidine rings is 1. The highest BCUT2D eigenvalue weighted by molar-refractivity contribution is 7.14. The van der Waals surface area contributed by atoms with Gasteiger partial charge in [0.05, 0.1) is 11.3 Å². The van der Waals surface area contributed by atoms with Crippen LogP contribution in [0.4, 0.5) is 5.13 Å². The van der Waals surface area contributed by atoms with Crippen LogP contribution >= 0.6 is 11.3 Å². The number of carbonyl (C=O) groups is 2. The molecule has 0 saturated carbocycles. The number of hydrogen-bond acceptors (Lipinski definition) is 7. The smallest absolute Gasteiger partial charge is 0.345 e. The van der Waals surface area contributed by atoms with E-state index in [0.717, 1.165) is 63.6 Å². The Hall–Kier alpha value is -3.20. The van der Waals surface area contributed by atoms with Crippen molar-refractivity contribution in [3.63, 3.8) is 0 Å². The van der Waals surface area contributed by atoms with E-state index in [1.807, 2.05) is 11.0 Å². The Kier molecular flexibility index (Phi) is 8.97. The number of amides is 2. The Morgan fingerprint density at radius 1 is 1.16 bits per heavy atom. The first kappa shape index (κ1) is 26.9. The number of benzene rings is 1. The van der Waals surface area contributed by atoms with Crippen LogP contribution in [0.15, 0.2) is 32.8 Å². The van der Waals surface area contributed by atoms with Crippen LogP contribution in [0.3, 0.4) is 0 Å². The zero-order chi connectivity index (χ0) is 26.4. The van der Waals surface area contributed by atoms with E-state index < -0.39 is 5.63 Å². The van der Waals surface area contributed by atoms with E-state index in [-0.39, 0.29) is 30.4 Å². The number of nitrogens with zero attached hydrogens (tertiary/aromatic N) is 2. The number of aromatic hydroxyl groups is 1. The minimum absolute atomic E-state index is 0.00594. The van der Waals surface area contributed by atoms with Gasteiger partial charge in [0.25, 0.3) is 0 Å². The third-order valence-corrected chi connectivity index (χ3v) is 7.72. The lowest BCUT2D eigenvalue weighted by Crippen LogP contribution is -2.38. The van der Waals surface area contributed by atoms with Crippen LogP contribution in [0.5, 0.6) is 5.75 Å². The van der Waals surface area contributed by atoms with Crippen molar-refractivity contribution in [3.8, 4) is 17.0 Å². The number of aryl methyl sites for hydroxylation is 1. The third kappa shape index (κ3) is 6.97. The molecule has 0 atom stereocenters. The minimum Gasteiger partial charge on any atom is -0.508 e. The Bertz CT molecular complexity index is 1310. The molecule has 8 nitrogen and oxygen atoms in total. The zero-order valence-corrected chi connectivity index (χ0v) is 22.4. The molecule has 0 spiro atoms. The summed E-state index contributed by atoms with van der Waals surface area (Å²) in [5.41, 5.74) is 1.28. The largest absolute Gasteiger partial charge is 0.508 e. The second kappa shape index (κ2) is 12.4. The highest BCUT2D eigenvalue weighted by Gasteiger charge is 2.21. The summed E-state index contributed by atoms with van der Waals surface area (Å²) < 4.78 is 5.47. The highest BCUT2D eigenvalue weighted by Crippen LogP contribution is 2.30. The number of carbonyl (C=O) groups excluding carboxylic acids is 2. The molecule has 0 radical (unpaired) electrons. The fourth-order valence-corrected chi connectivity index (χ4v) is 5.32. The van der Waals surface area contributed by atoms with Gasteiger partial charge in [-0.3, -0.25) is 9.59 Å². The second-order valence-electron chi connectivity index (χ2n) is 9.93. The zero-order valence-electron chi connectivity index (χ0n) is 21.5. The molecule has 1 saturated heterocycles. The van der Waals surface area contributed by atoms with Crippen molar-refractivity contribution in [1.82, 2.24) is 9.88 Å². The van der Waals surface area contributed by atoms with Gasteiger partial charge in [-0.15, -0.1) is 11.3 Å². The van der Waals surface area contributed by atoms with Crippen LogP contribution < -0.4 is 10.9 Å². The number of likely N-dealkylation sites (tertiary alicyclic amines) is 1. The summed E-state index contributed by atoms with van der Waals surface area (Å²) in [6.07, 6.45) is 7.39. The lowest BCUT2D eigenvalue weighted by Gasteiger charge is -2.30. The number of phenolic OH excluding ortho intramolecular Hbond substituents is 1. The average molecular weight is 526 g/mol. The summed E-state index contributed by atoms with van der Waals surface area (Å²) in [5.74, 6) is 0.493. The van der Waals surface area contributed by atoms with Crippen LogP contribution in [-0.4, -0.2) is 39.9 Å². The van der Waals surface area contributed by atoms with Gasteiger partial charge in [0, 0.05) is 42.8 Å². The van der Waals surface area contributed by atoms with Gasteiger partial charge in [0.1, 0.15) is 11.3 Å². The van der Waals surface area contributed by atoms with Crippen molar-refractivity contribution in [2.24, 2.45) is 5.92 Å². The van der Waals surface area contributed by atoms with E-state index >= 15 is 0 Å². The summed E-state index contributed by atoms with van der Waals surface area (Å²) in [6, 6.07) is 5.07. The van der Waals surface area contributed by atoms with Crippen LogP contribution in [0, 0.1) is 5.92 Å². The highest BCUT2D eigenvalue weighted by atomic mass is 32.1. The lowest BCUT2D eigenvalue weighted by molar-refractivity contribution is -0.134. The van der Waals surface area contributed by atoms with Crippen molar-refractivity contribution < 1.29 is 19.1 Å². The molecule has 0 aliphatic carbocycles. The molecule has 0 bridgehead atoms. The van der Waals surface area contributed by atoms with E-state index in [0.29, 0.717) is 33.3 Å². The number of hydrogen-bond donors (Lipinski definition) is 2. The van der Waals surface area contributed by atoms with Gasteiger partial charge < -0.3 is 19.7 Å². The molecular formula is C28H35N3O5S. The molecule has 9 heteroatoms. The van der Waals surface area contributed by atoms with Crippen molar-refractivity contribution in [3.05, 3.63) is 39.6 Å². The molecule has 1 aromatic carbocycles. The SMILES string of the molecule is CCCCCCc1cc2cc(-c3csc(NC(=O)CCC(=O)N4CCC(C)CC4)n3)c(=O)oc2cc1O. The molecule has 1 fully saturated rings. The summed E-state index contributed by atoms with van der Waals surface area (Å²) in [4.78, 5) is 43.7. The summed E-state index contributed by atoms with van der Waals surface area (Å²) in [6.45, 7) is 5.86. The number of fused-ring (bicyclic) bond motifs is 1. The van der Waals surface area contributed by atoms with Crippen LogP contribution in [0.1, 0.15) is 70.8 Å². The van der Waals surface area contributed by atoms with Gasteiger partial charge in [0.15, 0.2) is 5.13 Å². The topological polar surface area (TPSA) is 113 Å². The van der Waals surface area contributed by atoms with Crippen molar-refractivity contribution in [2.75, 3.05) is 18.4 Å². The fourth-order valence-electron chi connectivity index (χ4n) is 4.60. The lowest BCUT2D eigenvalue weighted by atomic mass is 9.99. The number of rotatable bonds is 10. The molecule has 1 aliphatic rings. The maximum absolute atomic E-state index is 12.6. The molecule has 198 valence electrons. The maximum atomic E-state index is 12.6. The van der Waals surface area contributed by atoms with Gasteiger partial charge >= 0.3 is 5.63 Å². The molecule has 0 unspecified atom stereocenters. The molecule has 3 aromatic rings. The predicted molar refractivity (Wildman–Crippen MR) is 146 cm³/mol. The van der Waals surface area contributed by atoms with Crippen LogP contribution in [-0.2, 0) is 16.0 Å². The molecule has 2 aromatic heterocycles. The molecule has 3 heterocycles. The first-order valence-corrected chi connectivity index (χ1v) is 14.0. The van der Waals surface area contributed by atoms with E-state index in [2.05, 4.69) is 24.1 Å². The Balaban J connectivity index is 1.40. The number of thiazole rings is 1. The van der Waals surface area contributed by atoms with Gasteiger partial charge in [0.2, 0.25) is 11.8 Å². The van der Waals surface area contributed by atoms with Crippen molar-refractivity contribution in [1.29, 1.82) is 0 Å². The van der Waals surface area contributed by atoms with Gasteiger partial charge in [-0.05, 0) is 49.3 Å². The molecule has 1 aliphatic heterocycles. The normalized spacial score (nSPS) is 14.3. The van der Waals surface area contributed by atoms with Gasteiger partial charge in [-0.25, -0.2) is 9.78 Å². The summed E-state index contributed by atoms with van der Waals surface area (Å²) in [7, 11) is 0. The van der Waals surface area contributed by atoms with E-state index in [1.54, 1.807) is 11.4 Å². The van der Waals surface area contributed by atoms with E-state index in [1.165, 1.54) is 17.4 Å². The van der Waals surface area contributed by atoms with E-state index in [4.69, 9.17) is 4.42 Å². The Morgan fingerprint density at radius 3 is 2.70 bits per heavy atom. The molecule has 37 heavy (non-hydrogen) atoms. The first-order chi connectivity index (χ1) is 17.8. The number of nitrogens with one attached hydrogen (secondary N) is 1. The van der Waals surface area contributed by atoms with E-state index in [9.17, 15) is 19.5 Å². The number of aromatic nitrogens is 1. The summed E-state index contributed by atoms with van der Waals surface area (Å²) in [5, 5.41) is 15.9. The van der Waals surface area contributed by atoms with Crippen molar-refractivity contribution >= 4 is 39.3 Å².